The molecule has 0 heterocycles. The number of halogens is 2. The van der Waals surface area contributed by atoms with E-state index < -0.39 is 0 Å². The number of phenols is 1. The summed E-state index contributed by atoms with van der Waals surface area (Å²) in [4.78, 5) is 0. The minimum absolute atomic E-state index is 0. The summed E-state index contributed by atoms with van der Waals surface area (Å²) in [6.45, 7) is 0. The van der Waals surface area contributed by atoms with Crippen LogP contribution in [0.1, 0.15) is 24.4 Å². The lowest BCUT2D eigenvalue weighted by atomic mass is 10.0. The molecule has 1 fully saturated rings. The predicted molar refractivity (Wildman–Crippen MR) is 62.7 cm³/mol. The van der Waals surface area contributed by atoms with Crippen LogP contribution in [0.2, 0.25) is 0 Å². The van der Waals surface area contributed by atoms with Crippen LogP contribution >= 0.6 is 28.3 Å². The van der Waals surface area contributed by atoms with Gasteiger partial charge in [0.05, 0.1) is 4.47 Å². The second-order valence-corrected chi connectivity index (χ2v) is 4.40. The smallest absolute Gasteiger partial charge is 0.134 e. The van der Waals surface area contributed by atoms with E-state index in [1.807, 2.05) is 18.2 Å². The number of benzene rings is 1. The van der Waals surface area contributed by atoms with Crippen molar-refractivity contribution >= 4 is 28.3 Å². The van der Waals surface area contributed by atoms with Crippen molar-refractivity contribution in [2.75, 3.05) is 0 Å². The van der Waals surface area contributed by atoms with Gasteiger partial charge in [0.2, 0.25) is 0 Å². The molecule has 2 rings (SSSR count). The molecule has 3 N–H and O–H groups in total. The number of nitrogens with two attached hydrogens (primary N) is 1. The fourth-order valence-corrected chi connectivity index (χ4v) is 1.89. The highest BCUT2D eigenvalue weighted by Gasteiger charge is 2.31. The van der Waals surface area contributed by atoms with Crippen molar-refractivity contribution in [2.45, 2.75) is 18.9 Å². The number of hydrogen-bond acceptors (Lipinski definition) is 2. The van der Waals surface area contributed by atoms with Crippen molar-refractivity contribution in [3.05, 3.63) is 28.2 Å². The maximum absolute atomic E-state index is 9.72. The fourth-order valence-electron chi connectivity index (χ4n) is 1.51. The van der Waals surface area contributed by atoms with Gasteiger partial charge in [-0.05, 0) is 40.8 Å². The van der Waals surface area contributed by atoms with Gasteiger partial charge in [0, 0.05) is 11.6 Å². The van der Waals surface area contributed by atoms with E-state index in [1.54, 1.807) is 0 Å². The molecule has 0 aliphatic heterocycles. The molecule has 1 aliphatic carbocycles. The van der Waals surface area contributed by atoms with Gasteiger partial charge in [-0.1, -0.05) is 12.1 Å². The molecule has 4 heteroatoms. The van der Waals surface area contributed by atoms with E-state index >= 15 is 0 Å². The number of aromatic hydroxyl groups is 1. The molecule has 1 aromatic rings. The van der Waals surface area contributed by atoms with Gasteiger partial charge < -0.3 is 10.8 Å². The van der Waals surface area contributed by atoms with Gasteiger partial charge in [0.25, 0.3) is 0 Å². The Morgan fingerprint density at radius 1 is 1.43 bits per heavy atom. The third kappa shape index (κ3) is 2.22. The minimum atomic E-state index is -0.00231. The molecule has 0 amide bonds. The van der Waals surface area contributed by atoms with Crippen molar-refractivity contribution in [3.63, 3.8) is 0 Å². The van der Waals surface area contributed by atoms with Crippen LogP contribution in [0.3, 0.4) is 0 Å². The van der Waals surface area contributed by atoms with Crippen LogP contribution in [0.25, 0.3) is 0 Å². The minimum Gasteiger partial charge on any atom is -0.506 e. The summed E-state index contributed by atoms with van der Waals surface area (Å²) in [5, 5.41) is 9.72. The zero-order valence-electron chi connectivity index (χ0n) is 7.61. The predicted octanol–water partition coefficient (Wildman–Crippen LogP) is 2.99. The maximum atomic E-state index is 9.72. The average molecular weight is 279 g/mol. The first kappa shape index (κ1) is 11.8. The summed E-state index contributed by atoms with van der Waals surface area (Å²) >= 11 is 3.28. The van der Waals surface area contributed by atoms with Gasteiger partial charge in [0.15, 0.2) is 0 Å². The van der Waals surface area contributed by atoms with Gasteiger partial charge in [-0.15, -0.1) is 12.4 Å². The normalized spacial score (nSPS) is 17.3. The van der Waals surface area contributed by atoms with Crippen LogP contribution in [0.5, 0.6) is 5.75 Å². The van der Waals surface area contributed by atoms with E-state index in [9.17, 15) is 5.11 Å². The Hall–Kier alpha value is -0.250. The van der Waals surface area contributed by atoms with Gasteiger partial charge in [0.1, 0.15) is 5.75 Å². The SMILES string of the molecule is Cl.N[C@H](c1cccc(Br)c1O)C1CC1. The van der Waals surface area contributed by atoms with E-state index in [0.717, 1.165) is 10.0 Å². The number of para-hydroxylation sites is 1. The highest BCUT2D eigenvalue weighted by atomic mass is 79.9. The number of rotatable bonds is 2. The van der Waals surface area contributed by atoms with E-state index in [0.29, 0.717) is 11.7 Å². The van der Waals surface area contributed by atoms with Gasteiger partial charge in [-0.25, -0.2) is 0 Å². The van der Waals surface area contributed by atoms with Crippen molar-refractivity contribution in [1.82, 2.24) is 0 Å². The van der Waals surface area contributed by atoms with Crippen molar-refractivity contribution < 1.29 is 5.11 Å². The third-order valence-electron chi connectivity index (χ3n) is 2.51. The molecule has 1 atom stereocenters. The van der Waals surface area contributed by atoms with Crippen LogP contribution < -0.4 is 5.73 Å². The first-order chi connectivity index (χ1) is 6.20. The van der Waals surface area contributed by atoms with Gasteiger partial charge in [-0.3, -0.25) is 0 Å². The fraction of sp³-hybridized carbons (Fsp3) is 0.400. The molecule has 2 nitrogen and oxygen atoms in total. The molecule has 1 aromatic carbocycles. The lowest BCUT2D eigenvalue weighted by Crippen LogP contribution is -2.12. The van der Waals surface area contributed by atoms with Crippen molar-refractivity contribution in [2.24, 2.45) is 11.7 Å². The summed E-state index contributed by atoms with van der Waals surface area (Å²) in [5.74, 6) is 0.863. The monoisotopic (exact) mass is 277 g/mol. The lowest BCUT2D eigenvalue weighted by Gasteiger charge is -2.13. The Morgan fingerprint density at radius 3 is 2.64 bits per heavy atom. The van der Waals surface area contributed by atoms with Crippen molar-refractivity contribution in [3.8, 4) is 5.75 Å². The van der Waals surface area contributed by atoms with E-state index in [2.05, 4.69) is 15.9 Å². The standard InChI is InChI=1S/C10H12BrNO.ClH/c11-8-3-1-2-7(10(8)13)9(12)6-4-5-6;/h1-3,6,9,13H,4-5,12H2;1H/t9-;/m0./s1. The van der Waals surface area contributed by atoms with Crippen LogP contribution in [0.15, 0.2) is 22.7 Å². The Labute approximate surface area is 98.0 Å². The summed E-state index contributed by atoms with van der Waals surface area (Å²) in [6.07, 6.45) is 2.38. The first-order valence-electron chi connectivity index (χ1n) is 4.43. The quantitative estimate of drug-likeness (QED) is 0.873. The molecular formula is C10H13BrClNO. The molecule has 78 valence electrons. The molecule has 0 bridgehead atoms. The van der Waals surface area contributed by atoms with Crippen LogP contribution in [-0.2, 0) is 0 Å². The van der Waals surface area contributed by atoms with Gasteiger partial charge >= 0.3 is 0 Å². The Kier molecular flexibility index (Phi) is 3.81. The molecule has 0 unspecified atom stereocenters. The van der Waals surface area contributed by atoms with Gasteiger partial charge in [-0.2, -0.15) is 0 Å². The second-order valence-electron chi connectivity index (χ2n) is 3.54. The van der Waals surface area contributed by atoms with Crippen molar-refractivity contribution in [1.29, 1.82) is 0 Å². The average Bonchev–Trinajstić information content (AvgIpc) is 2.91. The van der Waals surface area contributed by atoms with E-state index in [4.69, 9.17) is 5.73 Å². The molecule has 0 saturated heterocycles. The first-order valence-corrected chi connectivity index (χ1v) is 5.22. The highest BCUT2D eigenvalue weighted by molar-refractivity contribution is 9.10. The summed E-state index contributed by atoms with van der Waals surface area (Å²) in [6, 6.07) is 5.61. The largest absolute Gasteiger partial charge is 0.506 e. The molecule has 1 aliphatic rings. The highest BCUT2D eigenvalue weighted by Crippen LogP contribution is 2.43. The molecular weight excluding hydrogens is 265 g/mol. The molecule has 1 saturated carbocycles. The molecule has 0 spiro atoms. The molecule has 0 radical (unpaired) electrons. The summed E-state index contributed by atoms with van der Waals surface area (Å²) in [5.41, 5.74) is 6.85. The maximum Gasteiger partial charge on any atom is 0.134 e. The summed E-state index contributed by atoms with van der Waals surface area (Å²) in [7, 11) is 0. The Balaban J connectivity index is 0.000000980. The zero-order valence-corrected chi connectivity index (χ0v) is 10.0. The topological polar surface area (TPSA) is 46.2 Å². The zero-order chi connectivity index (χ0) is 9.42. The summed E-state index contributed by atoms with van der Waals surface area (Å²) < 4.78 is 0.723. The van der Waals surface area contributed by atoms with E-state index in [-0.39, 0.29) is 18.4 Å². The van der Waals surface area contributed by atoms with Crippen LogP contribution in [0, 0.1) is 5.92 Å². The number of hydrogen-bond donors (Lipinski definition) is 2. The lowest BCUT2D eigenvalue weighted by molar-refractivity contribution is 0.453. The third-order valence-corrected chi connectivity index (χ3v) is 3.15. The van der Waals surface area contributed by atoms with E-state index in [1.165, 1.54) is 12.8 Å². The van der Waals surface area contributed by atoms with Crippen LogP contribution in [-0.4, -0.2) is 5.11 Å². The number of phenolic OH excluding ortho intramolecular Hbond substituents is 1. The van der Waals surface area contributed by atoms with Crippen LogP contribution in [0.4, 0.5) is 0 Å². The second kappa shape index (κ2) is 4.51. The molecule has 0 aromatic heterocycles. The Bertz CT molecular complexity index is 328. The molecule has 14 heavy (non-hydrogen) atoms. The Morgan fingerprint density at radius 2 is 2.07 bits per heavy atom.